The van der Waals surface area contributed by atoms with Crippen molar-refractivity contribution < 1.29 is 14.7 Å². The van der Waals surface area contributed by atoms with Crippen molar-refractivity contribution in [1.29, 1.82) is 5.41 Å². The number of allylic oxidation sites excluding steroid dienone is 2. The number of amides is 1. The molecule has 0 radical (unpaired) electrons. The van der Waals surface area contributed by atoms with Crippen LogP contribution in [0, 0.1) is 5.41 Å². The van der Waals surface area contributed by atoms with Gasteiger partial charge >= 0.3 is 35.5 Å². The van der Waals surface area contributed by atoms with Gasteiger partial charge in [0.05, 0.1) is 0 Å². The molecule has 0 aliphatic heterocycles. The number of carbonyl (C=O) groups excluding carboxylic acids is 1. The Morgan fingerprint density at radius 2 is 1.44 bits per heavy atom. The molecule has 0 aliphatic rings. The number of carboxylic acids is 1. The van der Waals surface area contributed by atoms with E-state index in [2.05, 4.69) is 29.7 Å². The summed E-state index contributed by atoms with van der Waals surface area (Å²) in [5.41, 5.74) is 5.18. The van der Waals surface area contributed by atoms with E-state index in [4.69, 9.17) is 11.1 Å². The SMILES string of the molecule is CCCCCCCC/C=C\CCCCCCCC(=O)N[C@@H](CCCNC(=N)N)C(=O)O.[NaH]. The van der Waals surface area contributed by atoms with Crippen LogP contribution in [0.3, 0.4) is 0 Å². The Balaban J connectivity index is 0. The van der Waals surface area contributed by atoms with Gasteiger partial charge in [0.1, 0.15) is 6.04 Å². The van der Waals surface area contributed by atoms with Crippen LogP contribution < -0.4 is 16.4 Å². The van der Waals surface area contributed by atoms with Gasteiger partial charge in [0.15, 0.2) is 5.96 Å². The van der Waals surface area contributed by atoms with Gasteiger partial charge in [0.2, 0.25) is 5.91 Å². The number of nitrogens with one attached hydrogen (secondary N) is 3. The second-order valence-electron chi connectivity index (χ2n) is 8.28. The molecule has 0 aromatic rings. The predicted octanol–water partition coefficient (Wildman–Crippen LogP) is 4.21. The number of hydrogen-bond donors (Lipinski definition) is 5. The van der Waals surface area contributed by atoms with E-state index in [0.29, 0.717) is 25.8 Å². The Labute approximate surface area is 217 Å². The van der Waals surface area contributed by atoms with E-state index >= 15 is 0 Å². The van der Waals surface area contributed by atoms with Crippen LogP contribution in [0.5, 0.6) is 0 Å². The van der Waals surface area contributed by atoms with Crippen LogP contribution in [0.25, 0.3) is 0 Å². The Morgan fingerprint density at radius 1 is 0.906 bits per heavy atom. The molecule has 0 aromatic carbocycles. The second-order valence-corrected chi connectivity index (χ2v) is 8.28. The summed E-state index contributed by atoms with van der Waals surface area (Å²) >= 11 is 0. The Hall–Kier alpha value is -1.05. The standard InChI is InChI=1S/C24H46N4O3.Na.H/c1-2-3-4-5-6-7-8-9-10-11-12-13-14-15-16-19-22(29)28-21(23(30)31)18-17-20-27-24(25)26;;/h9-10,21H,2-8,11-20H2,1H3,(H,28,29)(H,30,31)(H4,25,26,27);;/b10-9-;;/t21-;;/m0../s1. The molecule has 0 fully saturated rings. The molecule has 0 spiro atoms. The molecule has 0 bridgehead atoms. The van der Waals surface area contributed by atoms with Gasteiger partial charge in [-0.1, -0.05) is 70.4 Å². The van der Waals surface area contributed by atoms with Gasteiger partial charge in [-0.05, 0) is 44.9 Å². The second kappa shape index (κ2) is 24.6. The summed E-state index contributed by atoms with van der Waals surface area (Å²) in [6, 6.07) is -0.885. The number of unbranched alkanes of at least 4 members (excludes halogenated alkanes) is 11. The number of aliphatic carboxylic acids is 1. The molecule has 0 rings (SSSR count). The average Bonchev–Trinajstić information content (AvgIpc) is 2.72. The first-order chi connectivity index (χ1) is 15.0. The Bertz CT molecular complexity index is 515. The topological polar surface area (TPSA) is 128 Å². The van der Waals surface area contributed by atoms with E-state index in [1.165, 1.54) is 57.8 Å². The van der Waals surface area contributed by atoms with Crippen molar-refractivity contribution in [3.05, 3.63) is 12.2 Å². The van der Waals surface area contributed by atoms with Crippen molar-refractivity contribution in [2.45, 2.75) is 116 Å². The van der Waals surface area contributed by atoms with Gasteiger partial charge in [-0.2, -0.15) is 0 Å². The quantitative estimate of drug-likeness (QED) is 0.0574. The maximum absolute atomic E-state index is 12.0. The molecule has 0 unspecified atom stereocenters. The summed E-state index contributed by atoms with van der Waals surface area (Å²) in [5.74, 6) is -1.37. The number of carboxylic acid groups (broad SMARTS) is 1. The summed E-state index contributed by atoms with van der Waals surface area (Å²) in [7, 11) is 0. The number of carbonyl (C=O) groups is 2. The monoisotopic (exact) mass is 462 g/mol. The molecule has 0 aromatic heterocycles. The van der Waals surface area contributed by atoms with Crippen LogP contribution in [0.15, 0.2) is 12.2 Å². The van der Waals surface area contributed by atoms with Gasteiger partial charge in [-0.15, -0.1) is 0 Å². The Morgan fingerprint density at radius 3 is 1.97 bits per heavy atom. The zero-order chi connectivity index (χ0) is 23.2. The van der Waals surface area contributed by atoms with Crippen molar-refractivity contribution in [1.82, 2.24) is 10.6 Å². The van der Waals surface area contributed by atoms with Crippen LogP contribution >= 0.6 is 0 Å². The summed E-state index contributed by atoms with van der Waals surface area (Å²) in [5, 5.41) is 21.5. The Kier molecular flexibility index (Phi) is 25.5. The van der Waals surface area contributed by atoms with E-state index < -0.39 is 12.0 Å². The van der Waals surface area contributed by atoms with Crippen LogP contribution in [0.4, 0.5) is 0 Å². The molecular weight excluding hydrogens is 415 g/mol. The fourth-order valence-electron chi connectivity index (χ4n) is 3.41. The normalized spacial score (nSPS) is 11.7. The van der Waals surface area contributed by atoms with Crippen molar-refractivity contribution in [2.24, 2.45) is 5.73 Å². The molecule has 0 saturated heterocycles. The fraction of sp³-hybridized carbons (Fsp3) is 0.792. The zero-order valence-electron chi connectivity index (χ0n) is 19.6. The number of hydrogen-bond acceptors (Lipinski definition) is 3. The third-order valence-corrected chi connectivity index (χ3v) is 5.28. The molecule has 182 valence electrons. The minimum atomic E-state index is -1.03. The van der Waals surface area contributed by atoms with Crippen LogP contribution in [0.1, 0.15) is 110 Å². The first kappa shape index (κ1) is 33.1. The summed E-state index contributed by atoms with van der Waals surface area (Å²) < 4.78 is 0. The van der Waals surface area contributed by atoms with E-state index in [1.54, 1.807) is 0 Å². The van der Waals surface area contributed by atoms with Gasteiger partial charge in [0.25, 0.3) is 0 Å². The van der Waals surface area contributed by atoms with E-state index in [-0.39, 0.29) is 41.4 Å². The molecule has 0 aliphatic carbocycles. The third kappa shape index (κ3) is 23.6. The molecule has 32 heavy (non-hydrogen) atoms. The first-order valence-corrected chi connectivity index (χ1v) is 12.2. The van der Waals surface area contributed by atoms with Crippen molar-refractivity contribution in [2.75, 3.05) is 6.54 Å². The molecule has 0 saturated carbocycles. The van der Waals surface area contributed by atoms with Crippen molar-refractivity contribution in [3.8, 4) is 0 Å². The molecular formula is C24H47N4NaO3. The van der Waals surface area contributed by atoms with E-state index in [0.717, 1.165) is 25.7 Å². The van der Waals surface area contributed by atoms with Gasteiger partial charge < -0.3 is 21.5 Å². The molecule has 1 atom stereocenters. The first-order valence-electron chi connectivity index (χ1n) is 12.2. The van der Waals surface area contributed by atoms with Crippen LogP contribution in [-0.4, -0.2) is 65.1 Å². The van der Waals surface area contributed by atoms with Gasteiger partial charge in [0, 0.05) is 13.0 Å². The van der Waals surface area contributed by atoms with Crippen LogP contribution in [0.2, 0.25) is 0 Å². The predicted molar refractivity (Wildman–Crippen MR) is 135 cm³/mol. The molecule has 1 amide bonds. The zero-order valence-corrected chi connectivity index (χ0v) is 19.6. The maximum atomic E-state index is 12.0. The van der Waals surface area contributed by atoms with Crippen LogP contribution in [-0.2, 0) is 9.59 Å². The van der Waals surface area contributed by atoms with Crippen molar-refractivity contribution >= 4 is 47.4 Å². The number of guanidine groups is 1. The average molecular weight is 463 g/mol. The summed E-state index contributed by atoms with van der Waals surface area (Å²) in [6.45, 7) is 2.67. The van der Waals surface area contributed by atoms with Gasteiger partial charge in [-0.3, -0.25) is 10.2 Å². The number of rotatable bonds is 21. The van der Waals surface area contributed by atoms with Crippen molar-refractivity contribution in [3.63, 3.8) is 0 Å². The summed E-state index contributed by atoms with van der Waals surface area (Å²) in [6.07, 6.45) is 21.5. The molecule has 7 nitrogen and oxygen atoms in total. The fourth-order valence-corrected chi connectivity index (χ4v) is 3.41. The number of nitrogens with two attached hydrogens (primary N) is 1. The summed E-state index contributed by atoms with van der Waals surface area (Å²) in [4.78, 5) is 23.2. The van der Waals surface area contributed by atoms with Gasteiger partial charge in [-0.25, -0.2) is 4.79 Å². The molecule has 8 heteroatoms. The van der Waals surface area contributed by atoms with E-state index in [9.17, 15) is 14.7 Å². The molecule has 0 heterocycles. The third-order valence-electron chi connectivity index (χ3n) is 5.28. The molecule has 6 N–H and O–H groups in total. The van der Waals surface area contributed by atoms with E-state index in [1.807, 2.05) is 0 Å². The minimum absolute atomic E-state index is 0.